The number of rotatable bonds is 13. The molecule has 0 saturated carbocycles. The first kappa shape index (κ1) is 26.0. The molecule has 182 valence electrons. The van der Waals surface area contributed by atoms with Crippen molar-refractivity contribution in [3.63, 3.8) is 0 Å². The molecule has 0 aliphatic rings. The Bertz CT molecular complexity index is 1040. The lowest BCUT2D eigenvalue weighted by atomic mass is 10.0. The predicted octanol–water partition coefficient (Wildman–Crippen LogP) is 7.74. The number of aromatic nitrogens is 1. The number of amides is 1. The van der Waals surface area contributed by atoms with Crippen molar-refractivity contribution in [3.8, 4) is 5.75 Å². The molecule has 2 aromatic carbocycles. The Morgan fingerprint density at radius 3 is 2.53 bits per heavy atom. The van der Waals surface area contributed by atoms with Gasteiger partial charge in [0.15, 0.2) is 0 Å². The van der Waals surface area contributed by atoms with E-state index in [0.29, 0.717) is 12.3 Å². The summed E-state index contributed by atoms with van der Waals surface area (Å²) in [6.45, 7) is 9.46. The number of hydrogen-bond acceptors (Lipinski definition) is 4. The van der Waals surface area contributed by atoms with Crippen LogP contribution in [0.5, 0.6) is 5.75 Å². The molecule has 1 atom stereocenters. The number of nitrogens with one attached hydrogen (secondary N) is 1. The van der Waals surface area contributed by atoms with Crippen LogP contribution in [-0.2, 0) is 4.79 Å². The van der Waals surface area contributed by atoms with Gasteiger partial charge in [-0.25, -0.2) is 4.98 Å². The SMILES string of the molecule is CCCCOc1ccc(C=C(CC(=O)NC(C)CCCC(C)C)c2nc3ccccc3s2)cc1. The van der Waals surface area contributed by atoms with Crippen LogP contribution in [0.3, 0.4) is 0 Å². The number of fused-ring (bicyclic) bond motifs is 1. The van der Waals surface area contributed by atoms with E-state index >= 15 is 0 Å². The van der Waals surface area contributed by atoms with E-state index < -0.39 is 0 Å². The van der Waals surface area contributed by atoms with Gasteiger partial charge >= 0.3 is 0 Å². The lowest BCUT2D eigenvalue weighted by Gasteiger charge is -2.15. The minimum absolute atomic E-state index is 0.0436. The number of unbranched alkanes of at least 4 members (excludes halogenated alkanes) is 1. The summed E-state index contributed by atoms with van der Waals surface area (Å²) in [5.41, 5.74) is 2.94. The van der Waals surface area contributed by atoms with Gasteiger partial charge in [-0.15, -0.1) is 11.3 Å². The van der Waals surface area contributed by atoms with Gasteiger partial charge in [0, 0.05) is 6.04 Å². The van der Waals surface area contributed by atoms with Crippen molar-refractivity contribution in [2.75, 3.05) is 6.61 Å². The molecule has 0 fully saturated rings. The molecular weight excluding hydrogens is 440 g/mol. The van der Waals surface area contributed by atoms with Crippen molar-refractivity contribution < 1.29 is 9.53 Å². The van der Waals surface area contributed by atoms with Crippen molar-refractivity contribution >= 4 is 39.1 Å². The summed E-state index contributed by atoms with van der Waals surface area (Å²) in [5, 5.41) is 4.08. The quantitative estimate of drug-likeness (QED) is 0.256. The Morgan fingerprint density at radius 2 is 1.82 bits per heavy atom. The van der Waals surface area contributed by atoms with E-state index in [2.05, 4.69) is 45.2 Å². The van der Waals surface area contributed by atoms with Gasteiger partial charge in [-0.1, -0.05) is 64.3 Å². The molecule has 5 heteroatoms. The Kier molecular flexibility index (Phi) is 10.1. The number of thiazole rings is 1. The molecule has 3 rings (SSSR count). The summed E-state index contributed by atoms with van der Waals surface area (Å²) >= 11 is 1.64. The maximum Gasteiger partial charge on any atom is 0.224 e. The van der Waals surface area contributed by atoms with E-state index in [4.69, 9.17) is 9.72 Å². The van der Waals surface area contributed by atoms with Crippen LogP contribution >= 0.6 is 11.3 Å². The van der Waals surface area contributed by atoms with Crippen LogP contribution in [0, 0.1) is 5.92 Å². The highest BCUT2D eigenvalue weighted by atomic mass is 32.1. The maximum absolute atomic E-state index is 12.9. The first-order valence-electron chi connectivity index (χ1n) is 12.5. The van der Waals surface area contributed by atoms with Gasteiger partial charge in [0.05, 0.1) is 23.2 Å². The molecule has 0 spiro atoms. The normalized spacial score (nSPS) is 12.8. The number of benzene rings is 2. The lowest BCUT2D eigenvalue weighted by Crippen LogP contribution is -2.32. The molecule has 0 aliphatic heterocycles. The molecule has 0 aliphatic carbocycles. The van der Waals surface area contributed by atoms with Gasteiger partial charge < -0.3 is 10.1 Å². The summed E-state index contributed by atoms with van der Waals surface area (Å²) in [6, 6.07) is 16.4. The van der Waals surface area contributed by atoms with E-state index in [9.17, 15) is 4.79 Å². The van der Waals surface area contributed by atoms with Crippen molar-refractivity contribution in [2.45, 2.75) is 72.3 Å². The summed E-state index contributed by atoms with van der Waals surface area (Å²) in [6.07, 6.45) is 7.88. The Balaban J connectivity index is 1.75. The average Bonchev–Trinajstić information content (AvgIpc) is 3.24. The third-order valence-electron chi connectivity index (χ3n) is 5.73. The molecule has 0 radical (unpaired) electrons. The number of hydrogen-bond donors (Lipinski definition) is 1. The second-order valence-electron chi connectivity index (χ2n) is 9.40. The van der Waals surface area contributed by atoms with Gasteiger partial charge in [-0.3, -0.25) is 4.79 Å². The van der Waals surface area contributed by atoms with Crippen LogP contribution < -0.4 is 10.1 Å². The van der Waals surface area contributed by atoms with Crippen molar-refractivity contribution in [1.29, 1.82) is 0 Å². The molecule has 1 aromatic heterocycles. The van der Waals surface area contributed by atoms with Gasteiger partial charge in [-0.05, 0) is 67.2 Å². The summed E-state index contributed by atoms with van der Waals surface area (Å²) < 4.78 is 6.92. The highest BCUT2D eigenvalue weighted by Crippen LogP contribution is 2.30. The Morgan fingerprint density at radius 1 is 1.06 bits per heavy atom. The largest absolute Gasteiger partial charge is 0.494 e. The third-order valence-corrected chi connectivity index (χ3v) is 6.85. The second-order valence-corrected chi connectivity index (χ2v) is 10.4. The number of carbonyl (C=O) groups excluding carboxylic acids is 1. The number of nitrogens with zero attached hydrogens (tertiary/aromatic N) is 1. The highest BCUT2D eigenvalue weighted by Gasteiger charge is 2.15. The van der Waals surface area contributed by atoms with Gasteiger partial charge in [0.1, 0.15) is 10.8 Å². The van der Waals surface area contributed by atoms with Crippen LogP contribution in [0.4, 0.5) is 0 Å². The zero-order valence-corrected chi connectivity index (χ0v) is 21.8. The van der Waals surface area contributed by atoms with E-state index in [1.165, 1.54) is 6.42 Å². The van der Waals surface area contributed by atoms with Crippen LogP contribution in [-0.4, -0.2) is 23.5 Å². The van der Waals surface area contributed by atoms with Gasteiger partial charge in [0.2, 0.25) is 5.91 Å². The van der Waals surface area contributed by atoms with Crippen molar-refractivity contribution in [1.82, 2.24) is 10.3 Å². The fraction of sp³-hybridized carbons (Fsp3) is 0.448. The fourth-order valence-corrected chi connectivity index (χ4v) is 4.78. The summed E-state index contributed by atoms with van der Waals surface area (Å²) in [7, 11) is 0. The molecule has 1 amide bonds. The van der Waals surface area contributed by atoms with E-state index in [1.807, 2.05) is 42.5 Å². The maximum atomic E-state index is 12.9. The number of carbonyl (C=O) groups is 1. The minimum atomic E-state index is 0.0436. The monoisotopic (exact) mass is 478 g/mol. The molecule has 3 aromatic rings. The summed E-state index contributed by atoms with van der Waals surface area (Å²) in [4.78, 5) is 17.8. The zero-order valence-electron chi connectivity index (χ0n) is 21.0. The van der Waals surface area contributed by atoms with E-state index in [0.717, 1.165) is 64.4 Å². The standard InChI is InChI=1S/C29H38N2O2S/c1-5-6-18-33-25-16-14-23(15-17-25)19-24(29-31-26-12-7-8-13-27(26)34-29)20-28(32)30-22(4)11-9-10-21(2)3/h7-8,12-17,19,21-22H,5-6,9-11,18,20H2,1-4H3,(H,30,32). The number of para-hydroxylation sites is 1. The molecule has 1 N–H and O–H groups in total. The Hall–Kier alpha value is -2.66. The molecule has 1 heterocycles. The van der Waals surface area contributed by atoms with Crippen LogP contribution in [0.1, 0.15) is 76.8 Å². The van der Waals surface area contributed by atoms with E-state index in [1.54, 1.807) is 11.3 Å². The molecule has 4 nitrogen and oxygen atoms in total. The second kappa shape index (κ2) is 13.3. The average molecular weight is 479 g/mol. The van der Waals surface area contributed by atoms with Crippen LogP contribution in [0.15, 0.2) is 48.5 Å². The third kappa shape index (κ3) is 8.28. The van der Waals surface area contributed by atoms with Crippen LogP contribution in [0.2, 0.25) is 0 Å². The topological polar surface area (TPSA) is 51.2 Å². The molecule has 0 bridgehead atoms. The van der Waals surface area contributed by atoms with Crippen molar-refractivity contribution in [3.05, 3.63) is 59.1 Å². The first-order chi connectivity index (χ1) is 16.4. The summed E-state index contributed by atoms with van der Waals surface area (Å²) in [5.74, 6) is 1.61. The molecular formula is C29H38N2O2S. The smallest absolute Gasteiger partial charge is 0.224 e. The van der Waals surface area contributed by atoms with Gasteiger partial charge in [-0.2, -0.15) is 0 Å². The first-order valence-corrected chi connectivity index (χ1v) is 13.3. The number of ether oxygens (including phenoxy) is 1. The Labute approximate surface area is 208 Å². The van der Waals surface area contributed by atoms with Gasteiger partial charge in [0.25, 0.3) is 0 Å². The van der Waals surface area contributed by atoms with E-state index in [-0.39, 0.29) is 11.9 Å². The molecule has 0 saturated heterocycles. The predicted molar refractivity (Wildman–Crippen MR) is 145 cm³/mol. The minimum Gasteiger partial charge on any atom is -0.494 e. The lowest BCUT2D eigenvalue weighted by molar-refractivity contribution is -0.120. The molecule has 34 heavy (non-hydrogen) atoms. The van der Waals surface area contributed by atoms with Crippen LogP contribution in [0.25, 0.3) is 21.9 Å². The van der Waals surface area contributed by atoms with Crippen molar-refractivity contribution in [2.24, 2.45) is 5.92 Å². The highest BCUT2D eigenvalue weighted by molar-refractivity contribution is 7.19. The fourth-order valence-electron chi connectivity index (χ4n) is 3.80. The molecule has 1 unspecified atom stereocenters. The zero-order chi connectivity index (χ0) is 24.3.